The average Bonchev–Trinajstić information content (AvgIpc) is 2.40. The van der Waals surface area contributed by atoms with Gasteiger partial charge in [-0.25, -0.2) is 0 Å². The molecule has 114 valence electrons. The summed E-state index contributed by atoms with van der Waals surface area (Å²) in [6.45, 7) is 0. The van der Waals surface area contributed by atoms with Crippen molar-refractivity contribution in [1.29, 1.82) is 0 Å². The summed E-state index contributed by atoms with van der Waals surface area (Å²) in [4.78, 5) is 12.2. The van der Waals surface area contributed by atoms with E-state index in [0.29, 0.717) is 0 Å². The van der Waals surface area contributed by atoms with Gasteiger partial charge in [-0.15, -0.1) is 0 Å². The highest BCUT2D eigenvalue weighted by Gasteiger charge is 2.39. The van der Waals surface area contributed by atoms with E-state index in [4.69, 9.17) is 4.74 Å². The number of ether oxygens (including phenoxy) is 1. The molecular formula is C15H12O7. The van der Waals surface area contributed by atoms with Crippen LogP contribution in [0.3, 0.4) is 0 Å². The van der Waals surface area contributed by atoms with Crippen molar-refractivity contribution in [1.82, 2.24) is 0 Å². The van der Waals surface area contributed by atoms with Crippen LogP contribution in [0.4, 0.5) is 0 Å². The number of Topliss-reactive ketones (excluding diaryl/α,β-unsaturated/α-hetero) is 1. The highest BCUT2D eigenvalue weighted by atomic mass is 16.5. The third-order valence-corrected chi connectivity index (χ3v) is 3.38. The molecule has 5 N–H and O–H groups in total. The van der Waals surface area contributed by atoms with E-state index < -0.39 is 23.7 Å². The van der Waals surface area contributed by atoms with Gasteiger partial charge in [0.1, 0.15) is 34.3 Å². The first-order valence-corrected chi connectivity index (χ1v) is 6.34. The van der Waals surface area contributed by atoms with E-state index >= 15 is 0 Å². The van der Waals surface area contributed by atoms with Gasteiger partial charge in [-0.2, -0.15) is 0 Å². The largest absolute Gasteiger partial charge is 0.508 e. The van der Waals surface area contributed by atoms with Crippen LogP contribution >= 0.6 is 0 Å². The molecule has 22 heavy (non-hydrogen) atoms. The molecule has 2 aromatic carbocycles. The van der Waals surface area contributed by atoms with Gasteiger partial charge in [-0.1, -0.05) is 0 Å². The molecular weight excluding hydrogens is 292 g/mol. The van der Waals surface area contributed by atoms with E-state index in [1.54, 1.807) is 0 Å². The molecule has 0 fully saturated rings. The summed E-state index contributed by atoms with van der Waals surface area (Å²) in [6.07, 6.45) is -2.83. The van der Waals surface area contributed by atoms with E-state index in [2.05, 4.69) is 0 Å². The van der Waals surface area contributed by atoms with Crippen molar-refractivity contribution in [3.63, 3.8) is 0 Å². The first-order chi connectivity index (χ1) is 10.4. The topological polar surface area (TPSA) is 127 Å². The molecule has 7 nitrogen and oxygen atoms in total. The molecule has 0 aromatic heterocycles. The van der Waals surface area contributed by atoms with E-state index in [1.165, 1.54) is 12.1 Å². The minimum atomic E-state index is -1.64. The maximum absolute atomic E-state index is 12.2. The van der Waals surface area contributed by atoms with Crippen LogP contribution in [0.15, 0.2) is 30.3 Å². The number of aliphatic hydroxyl groups is 1. The van der Waals surface area contributed by atoms with Crippen molar-refractivity contribution in [2.45, 2.75) is 12.2 Å². The van der Waals surface area contributed by atoms with Crippen LogP contribution in [-0.2, 0) is 0 Å². The van der Waals surface area contributed by atoms with Crippen LogP contribution in [-0.4, -0.2) is 37.4 Å². The predicted octanol–water partition coefficient (Wildman–Crippen LogP) is 1.19. The van der Waals surface area contributed by atoms with Crippen LogP contribution in [0.1, 0.15) is 22.0 Å². The van der Waals surface area contributed by atoms with Gasteiger partial charge in [0.25, 0.3) is 0 Å². The Morgan fingerprint density at radius 3 is 2.09 bits per heavy atom. The second-order valence-corrected chi connectivity index (χ2v) is 4.97. The lowest BCUT2D eigenvalue weighted by atomic mass is 9.92. The molecule has 0 bridgehead atoms. The first-order valence-electron chi connectivity index (χ1n) is 6.34. The Balaban J connectivity index is 2.10. The van der Waals surface area contributed by atoms with Crippen LogP contribution in [0, 0.1) is 0 Å². The maximum atomic E-state index is 12.2. The smallest absolute Gasteiger partial charge is 0.202 e. The van der Waals surface area contributed by atoms with Gasteiger partial charge in [-0.05, 0) is 12.1 Å². The number of aliphatic hydroxyl groups excluding tert-OH is 1. The third-order valence-electron chi connectivity index (χ3n) is 3.38. The van der Waals surface area contributed by atoms with Gasteiger partial charge < -0.3 is 30.3 Å². The number of hydrogen-bond donors (Lipinski definition) is 5. The standard InChI is InChI=1S/C15H12O7/c16-7-1-6(2-8(17)3-7)15-14(21)13(20)12-10(19)4-9(18)5-11(12)22-15/h1-5,14-19,21H/t14-,15+/m1/s1. The molecule has 1 aliphatic rings. The fourth-order valence-corrected chi connectivity index (χ4v) is 2.45. The number of phenolic OH excluding ortho intramolecular Hbond substituents is 4. The normalized spacial score (nSPS) is 20.3. The quantitative estimate of drug-likeness (QED) is 0.535. The van der Waals surface area contributed by atoms with Crippen molar-refractivity contribution >= 4 is 5.78 Å². The second-order valence-electron chi connectivity index (χ2n) is 4.97. The number of fused-ring (bicyclic) bond motifs is 1. The molecule has 0 saturated heterocycles. The van der Waals surface area contributed by atoms with Crippen molar-refractivity contribution in [2.75, 3.05) is 0 Å². The number of carbonyl (C=O) groups excluding carboxylic acids is 1. The molecule has 0 aliphatic carbocycles. The van der Waals surface area contributed by atoms with Gasteiger partial charge in [0, 0.05) is 23.8 Å². The van der Waals surface area contributed by atoms with E-state index in [9.17, 15) is 30.3 Å². The molecule has 2 aromatic rings. The summed E-state index contributed by atoms with van der Waals surface area (Å²) in [7, 11) is 0. The summed E-state index contributed by atoms with van der Waals surface area (Å²) >= 11 is 0. The van der Waals surface area contributed by atoms with Crippen molar-refractivity contribution in [3.8, 4) is 28.7 Å². The molecule has 0 spiro atoms. The van der Waals surface area contributed by atoms with Crippen molar-refractivity contribution in [3.05, 3.63) is 41.5 Å². The lowest BCUT2D eigenvalue weighted by Crippen LogP contribution is -2.36. The first kappa shape index (κ1) is 14.0. The molecule has 0 saturated carbocycles. The lowest BCUT2D eigenvalue weighted by Gasteiger charge is -2.30. The Morgan fingerprint density at radius 2 is 1.45 bits per heavy atom. The molecule has 7 heteroatoms. The number of carbonyl (C=O) groups is 1. The predicted molar refractivity (Wildman–Crippen MR) is 73.2 cm³/mol. The number of aromatic hydroxyl groups is 4. The molecule has 3 rings (SSSR count). The number of benzene rings is 2. The molecule has 1 heterocycles. The van der Waals surface area contributed by atoms with Gasteiger partial charge in [0.05, 0.1) is 0 Å². The zero-order valence-electron chi connectivity index (χ0n) is 11.1. The van der Waals surface area contributed by atoms with Crippen molar-refractivity contribution < 1.29 is 35.1 Å². The molecule has 1 aliphatic heterocycles. The second kappa shape index (κ2) is 4.81. The summed E-state index contributed by atoms with van der Waals surface area (Å²) in [6, 6.07) is 5.65. The Morgan fingerprint density at radius 1 is 0.864 bits per heavy atom. The maximum Gasteiger partial charge on any atom is 0.202 e. The van der Waals surface area contributed by atoms with Gasteiger partial charge >= 0.3 is 0 Å². The fraction of sp³-hybridized carbons (Fsp3) is 0.133. The zero-order valence-corrected chi connectivity index (χ0v) is 11.1. The number of rotatable bonds is 1. The molecule has 2 atom stereocenters. The third kappa shape index (κ3) is 2.17. The monoisotopic (exact) mass is 304 g/mol. The number of hydrogen-bond acceptors (Lipinski definition) is 7. The molecule has 0 radical (unpaired) electrons. The summed E-state index contributed by atoms with van der Waals surface area (Å²) in [5.41, 5.74) is -0.0576. The highest BCUT2D eigenvalue weighted by molar-refractivity contribution is 6.05. The van der Waals surface area contributed by atoms with E-state index in [1.807, 2.05) is 0 Å². The van der Waals surface area contributed by atoms with Crippen LogP contribution in [0.25, 0.3) is 0 Å². The lowest BCUT2D eigenvalue weighted by molar-refractivity contribution is 0.0209. The Hall–Kier alpha value is -2.93. The Labute approximate surface area is 124 Å². The van der Waals surface area contributed by atoms with Crippen LogP contribution in [0.5, 0.6) is 28.7 Å². The van der Waals surface area contributed by atoms with Gasteiger partial charge in [-0.3, -0.25) is 4.79 Å². The van der Waals surface area contributed by atoms with Crippen LogP contribution < -0.4 is 4.74 Å². The Bertz CT molecular complexity index is 748. The van der Waals surface area contributed by atoms with Crippen molar-refractivity contribution in [2.24, 2.45) is 0 Å². The summed E-state index contributed by atoms with van der Waals surface area (Å²) in [5.74, 6) is -2.22. The highest BCUT2D eigenvalue weighted by Crippen LogP contribution is 2.42. The van der Waals surface area contributed by atoms with E-state index in [-0.39, 0.29) is 34.1 Å². The van der Waals surface area contributed by atoms with Gasteiger partial charge in [0.15, 0.2) is 12.2 Å². The summed E-state index contributed by atoms with van der Waals surface area (Å²) in [5, 5.41) is 48.3. The minimum absolute atomic E-state index is 0.0966. The number of phenols is 4. The van der Waals surface area contributed by atoms with Gasteiger partial charge in [0.2, 0.25) is 5.78 Å². The zero-order chi connectivity index (χ0) is 16.0. The molecule has 0 amide bonds. The van der Waals surface area contributed by atoms with E-state index in [0.717, 1.165) is 18.2 Å². The Kier molecular flexibility index (Phi) is 3.07. The number of ketones is 1. The minimum Gasteiger partial charge on any atom is -0.508 e. The summed E-state index contributed by atoms with van der Waals surface area (Å²) < 4.78 is 5.46. The average molecular weight is 304 g/mol. The fourth-order valence-electron chi connectivity index (χ4n) is 2.45. The SMILES string of the molecule is O=C1c2c(O)cc(O)cc2O[C@@H](c2cc(O)cc(O)c2)[C@@H]1O. The molecule has 0 unspecified atom stereocenters. The van der Waals surface area contributed by atoms with Crippen LogP contribution in [0.2, 0.25) is 0 Å².